The number of hydrogen-bond donors (Lipinski definition) is 1. The predicted octanol–water partition coefficient (Wildman–Crippen LogP) is 2.46. The summed E-state index contributed by atoms with van der Waals surface area (Å²) in [6.07, 6.45) is 3.11. The third-order valence-corrected chi connectivity index (χ3v) is 5.23. The topological polar surface area (TPSA) is 93.3 Å². The number of H-pyrrole nitrogens is 1. The highest BCUT2D eigenvalue weighted by molar-refractivity contribution is 7.90. The summed E-state index contributed by atoms with van der Waals surface area (Å²) >= 11 is 0. The average molecular weight is 347 g/mol. The van der Waals surface area contributed by atoms with Crippen LogP contribution in [0.25, 0.3) is 0 Å². The number of Topliss-reactive ketones (excluding diaryl/α,β-unsaturated/α-hetero) is 1. The van der Waals surface area contributed by atoms with Crippen LogP contribution in [0.4, 0.5) is 0 Å². The van der Waals surface area contributed by atoms with Crippen LogP contribution in [-0.2, 0) is 16.3 Å². The molecule has 1 aromatic carbocycles. The van der Waals surface area contributed by atoms with Gasteiger partial charge in [0.25, 0.3) is 0 Å². The maximum absolute atomic E-state index is 12.4. The third-order valence-electron chi connectivity index (χ3n) is 4.10. The second-order valence-corrected chi connectivity index (χ2v) is 7.90. The molecule has 6 nitrogen and oxygen atoms in total. The number of benzene rings is 1. The van der Waals surface area contributed by atoms with Gasteiger partial charge in [0.05, 0.1) is 4.90 Å². The van der Waals surface area contributed by atoms with Gasteiger partial charge in [-0.25, -0.2) is 13.2 Å². The first-order chi connectivity index (χ1) is 11.3. The van der Waals surface area contributed by atoms with Gasteiger partial charge in [-0.3, -0.25) is 4.79 Å². The fourth-order valence-corrected chi connectivity index (χ4v) is 3.52. The molecule has 24 heavy (non-hydrogen) atoms. The van der Waals surface area contributed by atoms with Gasteiger partial charge in [-0.15, -0.1) is 0 Å². The van der Waals surface area contributed by atoms with E-state index in [-0.39, 0.29) is 22.1 Å². The number of aromatic amines is 1. The van der Waals surface area contributed by atoms with Crippen LogP contribution in [0.2, 0.25) is 0 Å². The van der Waals surface area contributed by atoms with Crippen molar-refractivity contribution < 1.29 is 22.7 Å². The Labute approximate surface area is 139 Å². The van der Waals surface area contributed by atoms with E-state index in [0.29, 0.717) is 17.5 Å². The molecule has 126 valence electrons. The molecular formula is C17H17NO5S. The maximum atomic E-state index is 12.4. The average Bonchev–Trinajstić information content (AvgIpc) is 2.85. The van der Waals surface area contributed by atoms with Crippen molar-refractivity contribution in [3.63, 3.8) is 0 Å². The number of hydrogen-bond acceptors (Lipinski definition) is 5. The van der Waals surface area contributed by atoms with Gasteiger partial charge in [-0.05, 0) is 49.6 Å². The molecule has 1 aromatic heterocycles. The lowest BCUT2D eigenvalue weighted by Gasteiger charge is -2.09. The summed E-state index contributed by atoms with van der Waals surface area (Å²) in [4.78, 5) is 27.5. The fraction of sp³-hybridized carbons (Fsp3) is 0.294. The Bertz CT molecular complexity index is 923. The highest BCUT2D eigenvalue weighted by Crippen LogP contribution is 2.27. The summed E-state index contributed by atoms with van der Waals surface area (Å²) in [6.45, 7) is 1.72. The number of carbonyl (C=O) groups is 2. The van der Waals surface area contributed by atoms with E-state index in [1.165, 1.54) is 24.3 Å². The Morgan fingerprint density at radius 3 is 2.42 bits per heavy atom. The normalized spacial score (nSPS) is 14.3. The van der Waals surface area contributed by atoms with Crippen LogP contribution < -0.4 is 4.74 Å². The van der Waals surface area contributed by atoms with E-state index in [1.807, 2.05) is 0 Å². The number of fused-ring (bicyclic) bond motifs is 1. The summed E-state index contributed by atoms with van der Waals surface area (Å²) in [5.74, 6) is -0.311. The van der Waals surface area contributed by atoms with Gasteiger partial charge in [-0.2, -0.15) is 0 Å². The minimum atomic E-state index is -3.30. The number of rotatable bonds is 3. The van der Waals surface area contributed by atoms with Crippen LogP contribution in [0.5, 0.6) is 5.75 Å². The molecule has 0 atom stereocenters. The van der Waals surface area contributed by atoms with Crippen LogP contribution in [0.1, 0.15) is 44.9 Å². The van der Waals surface area contributed by atoms with E-state index >= 15 is 0 Å². The minimum Gasteiger partial charge on any atom is -0.422 e. The molecule has 1 heterocycles. The zero-order valence-corrected chi connectivity index (χ0v) is 14.2. The number of aromatic nitrogens is 1. The summed E-state index contributed by atoms with van der Waals surface area (Å²) in [5, 5.41) is 0. The Morgan fingerprint density at radius 1 is 1.17 bits per heavy atom. The largest absolute Gasteiger partial charge is 0.422 e. The molecule has 7 heteroatoms. The monoisotopic (exact) mass is 347 g/mol. The van der Waals surface area contributed by atoms with Crippen molar-refractivity contribution in [2.24, 2.45) is 0 Å². The number of ketones is 1. The first-order valence-electron chi connectivity index (χ1n) is 7.54. The predicted molar refractivity (Wildman–Crippen MR) is 87.3 cm³/mol. The number of nitrogens with one attached hydrogen (secondary N) is 1. The summed E-state index contributed by atoms with van der Waals surface area (Å²) in [7, 11) is -3.30. The number of aryl methyl sites for hydroxylation is 1. The van der Waals surface area contributed by atoms with Crippen molar-refractivity contribution in [3.05, 3.63) is 46.8 Å². The first-order valence-corrected chi connectivity index (χ1v) is 9.43. The summed E-state index contributed by atoms with van der Waals surface area (Å²) in [6, 6.07) is 5.62. The zero-order valence-electron chi connectivity index (χ0n) is 13.4. The van der Waals surface area contributed by atoms with E-state index in [0.717, 1.165) is 24.8 Å². The molecule has 1 aliphatic carbocycles. The van der Waals surface area contributed by atoms with Crippen molar-refractivity contribution in [2.75, 3.05) is 6.26 Å². The van der Waals surface area contributed by atoms with E-state index < -0.39 is 15.8 Å². The van der Waals surface area contributed by atoms with Gasteiger partial charge in [0.1, 0.15) is 11.4 Å². The van der Waals surface area contributed by atoms with E-state index in [9.17, 15) is 18.0 Å². The molecule has 3 rings (SSSR count). The van der Waals surface area contributed by atoms with Gasteiger partial charge in [-0.1, -0.05) is 0 Å². The van der Waals surface area contributed by atoms with Crippen molar-refractivity contribution in [1.29, 1.82) is 0 Å². The third kappa shape index (κ3) is 2.99. The van der Waals surface area contributed by atoms with Crippen molar-refractivity contribution in [3.8, 4) is 5.75 Å². The second kappa shape index (κ2) is 5.90. The highest BCUT2D eigenvalue weighted by Gasteiger charge is 2.27. The standard InChI is InChI=1S/C17H17NO5S/c1-10-15-13(4-3-5-14(15)19)18-16(10)17(20)23-11-6-8-12(9-7-11)24(2,21)22/h6-9,18H,3-5H2,1-2H3. The Morgan fingerprint density at radius 2 is 1.83 bits per heavy atom. The van der Waals surface area contributed by atoms with E-state index in [1.54, 1.807) is 6.92 Å². The zero-order chi connectivity index (χ0) is 17.5. The van der Waals surface area contributed by atoms with Crippen LogP contribution in [0.3, 0.4) is 0 Å². The number of sulfone groups is 1. The molecule has 0 unspecified atom stereocenters. The van der Waals surface area contributed by atoms with Crippen LogP contribution >= 0.6 is 0 Å². The van der Waals surface area contributed by atoms with Crippen LogP contribution in [0, 0.1) is 6.92 Å². The van der Waals surface area contributed by atoms with Crippen LogP contribution in [0.15, 0.2) is 29.2 Å². The quantitative estimate of drug-likeness (QED) is 0.680. The fourth-order valence-electron chi connectivity index (χ4n) is 2.89. The number of carbonyl (C=O) groups excluding carboxylic acids is 2. The molecule has 2 aromatic rings. The van der Waals surface area contributed by atoms with E-state index in [4.69, 9.17) is 4.74 Å². The van der Waals surface area contributed by atoms with Gasteiger partial charge < -0.3 is 9.72 Å². The Kier molecular flexibility index (Phi) is 4.04. The number of ether oxygens (including phenoxy) is 1. The highest BCUT2D eigenvalue weighted by atomic mass is 32.2. The van der Waals surface area contributed by atoms with Gasteiger partial charge in [0, 0.05) is 23.9 Å². The first kappa shape index (κ1) is 16.4. The lowest BCUT2D eigenvalue weighted by molar-refractivity contribution is 0.0728. The molecule has 0 bridgehead atoms. The maximum Gasteiger partial charge on any atom is 0.360 e. The molecule has 0 saturated heterocycles. The molecular weight excluding hydrogens is 330 g/mol. The molecule has 1 N–H and O–H groups in total. The van der Waals surface area contributed by atoms with Gasteiger partial charge in [0.2, 0.25) is 0 Å². The molecule has 0 aliphatic heterocycles. The van der Waals surface area contributed by atoms with Crippen LogP contribution in [-0.4, -0.2) is 31.4 Å². The van der Waals surface area contributed by atoms with Crippen molar-refractivity contribution >= 4 is 21.6 Å². The lowest BCUT2D eigenvalue weighted by atomic mass is 9.94. The number of esters is 1. The van der Waals surface area contributed by atoms with Gasteiger partial charge >= 0.3 is 5.97 Å². The van der Waals surface area contributed by atoms with E-state index in [2.05, 4.69) is 4.98 Å². The smallest absolute Gasteiger partial charge is 0.360 e. The molecule has 0 fully saturated rings. The molecule has 1 aliphatic rings. The summed E-state index contributed by atoms with van der Waals surface area (Å²) < 4.78 is 28.1. The molecule has 0 spiro atoms. The van der Waals surface area contributed by atoms with Crippen molar-refractivity contribution in [2.45, 2.75) is 31.1 Å². The lowest BCUT2D eigenvalue weighted by Crippen LogP contribution is -2.11. The SMILES string of the molecule is Cc1c(C(=O)Oc2ccc(S(C)(=O)=O)cc2)[nH]c2c1C(=O)CCC2. The summed E-state index contributed by atoms with van der Waals surface area (Å²) in [5.41, 5.74) is 2.25. The Balaban J connectivity index is 1.85. The molecule has 0 radical (unpaired) electrons. The van der Waals surface area contributed by atoms with Gasteiger partial charge in [0.15, 0.2) is 15.6 Å². The molecule has 0 saturated carbocycles. The Hall–Kier alpha value is -2.41. The van der Waals surface area contributed by atoms with Crippen molar-refractivity contribution in [1.82, 2.24) is 4.98 Å². The molecule has 0 amide bonds. The minimum absolute atomic E-state index is 0.0431. The second-order valence-electron chi connectivity index (χ2n) is 5.89.